The first-order valence-electron chi connectivity index (χ1n) is 29.0. The van der Waals surface area contributed by atoms with E-state index in [1.807, 2.05) is 6.08 Å². The minimum atomic E-state index is -5.08. The van der Waals surface area contributed by atoms with Crippen molar-refractivity contribution < 1.29 is 56.2 Å². The number of hydrogen-bond donors (Lipinski definition) is 4. The van der Waals surface area contributed by atoms with E-state index in [1.54, 1.807) is 0 Å². The maximum Gasteiger partial charge on any atom is 0.397 e. The van der Waals surface area contributed by atoms with Crippen LogP contribution >= 0.6 is 0 Å². The van der Waals surface area contributed by atoms with Gasteiger partial charge in [-0.2, -0.15) is 8.42 Å². The first kappa shape index (κ1) is 69.0. The van der Waals surface area contributed by atoms with Gasteiger partial charge in [0.05, 0.1) is 19.8 Å². The summed E-state index contributed by atoms with van der Waals surface area (Å²) in [7, 11) is -5.08. The van der Waals surface area contributed by atoms with E-state index >= 15 is 0 Å². The van der Waals surface area contributed by atoms with Gasteiger partial charge in [0.25, 0.3) is 0 Å². The Balaban J connectivity index is 2.35. The molecule has 0 radical (unpaired) electrons. The van der Waals surface area contributed by atoms with E-state index in [-0.39, 0.29) is 19.6 Å². The molecule has 1 heterocycles. The fourth-order valence-corrected chi connectivity index (χ4v) is 8.87. The van der Waals surface area contributed by atoms with Gasteiger partial charge in [-0.25, -0.2) is 4.18 Å². The summed E-state index contributed by atoms with van der Waals surface area (Å²) in [5.41, 5.74) is 0. The molecule has 6 unspecified atom stereocenters. The maximum absolute atomic E-state index is 12.9. The zero-order chi connectivity index (χ0) is 53.8. The molecule has 0 aromatic carbocycles. The van der Waals surface area contributed by atoms with E-state index in [0.717, 1.165) is 64.2 Å². The summed E-state index contributed by atoms with van der Waals surface area (Å²) < 4.78 is 59.4. The van der Waals surface area contributed by atoms with Gasteiger partial charge in [-0.1, -0.05) is 220 Å². The normalized spacial score (nSPS) is 19.5. The van der Waals surface area contributed by atoms with Crippen LogP contribution in [0.4, 0.5) is 0 Å². The lowest BCUT2D eigenvalue weighted by molar-refractivity contribution is -0.301. The third-order valence-electron chi connectivity index (χ3n) is 12.7. The highest BCUT2D eigenvalue weighted by Gasteiger charge is 2.48. The SMILES string of the molecule is CC/C=C\C/C=C\C/C=C\C/C=C\C/C=C\C/C=C\C/C=C\CCCC(=O)OC(COCCCCCCCCCCCCCC/C=C\CCCCCCCCCC)COC1OC(CO)C(O)C(OS(=O)(=O)O)C1O. The van der Waals surface area contributed by atoms with Gasteiger partial charge in [0.2, 0.25) is 0 Å². The number of esters is 1. The van der Waals surface area contributed by atoms with Gasteiger partial charge < -0.3 is 34.3 Å². The number of unbranched alkanes of at least 4 members (excludes halogenated alkanes) is 21. The highest BCUT2D eigenvalue weighted by atomic mass is 32.3. The standard InChI is InChI=1S/C61H104O12S/c1-3-5-7-9-11-13-15-17-19-21-23-25-27-29-31-33-35-37-39-41-43-45-47-49-51-69-53-55(54-70-61-59(65)60(73-74(66,67)68)58(64)56(52-62)72-61)71-57(63)50-48-46-44-42-40-38-36-34-32-30-28-26-24-22-20-18-16-14-12-10-8-6-4-2/h6,8,12,14,18,20-21,23-24,26,30,32,36,38,42,44,55-56,58-62,64-65H,3-5,7,9-11,13,15-17,19,22,25,27-29,31,33-35,37,39-41,43,45-54H2,1-2H3,(H,66,67,68)/b8-6-,14-12-,20-18-,23-21-,26-24-,32-30-,38-36-,44-42-. The van der Waals surface area contributed by atoms with Crippen LogP contribution in [0, 0.1) is 0 Å². The molecule has 1 aliphatic rings. The van der Waals surface area contributed by atoms with Crippen LogP contribution in [0.15, 0.2) is 97.2 Å². The summed E-state index contributed by atoms with van der Waals surface area (Å²) in [5, 5.41) is 30.8. The molecule has 13 heteroatoms. The third kappa shape index (κ3) is 43.2. The smallest absolute Gasteiger partial charge is 0.397 e. The molecule has 1 rings (SSSR count). The van der Waals surface area contributed by atoms with Crippen LogP contribution in [-0.4, -0.2) is 97.5 Å². The summed E-state index contributed by atoms with van der Waals surface area (Å²) >= 11 is 0. The number of carbonyl (C=O) groups is 1. The molecule has 0 spiro atoms. The van der Waals surface area contributed by atoms with E-state index in [1.165, 1.54) is 122 Å². The highest BCUT2D eigenvalue weighted by Crippen LogP contribution is 2.26. The van der Waals surface area contributed by atoms with Crippen molar-refractivity contribution in [3.05, 3.63) is 97.2 Å². The molecule has 0 saturated carbocycles. The molecule has 1 aliphatic heterocycles. The van der Waals surface area contributed by atoms with Gasteiger partial charge in [0.1, 0.15) is 30.5 Å². The molecule has 0 amide bonds. The van der Waals surface area contributed by atoms with Gasteiger partial charge in [0, 0.05) is 13.0 Å². The largest absolute Gasteiger partial charge is 0.457 e. The van der Waals surface area contributed by atoms with Crippen molar-refractivity contribution in [1.82, 2.24) is 0 Å². The zero-order valence-corrected chi connectivity index (χ0v) is 46.9. The predicted octanol–water partition coefficient (Wildman–Crippen LogP) is 14.5. The average molecular weight is 1060 g/mol. The molecule has 6 atom stereocenters. The lowest BCUT2D eigenvalue weighted by atomic mass is 9.99. The van der Waals surface area contributed by atoms with Crippen LogP contribution in [0.5, 0.6) is 0 Å². The summed E-state index contributed by atoms with van der Waals surface area (Å²) in [6, 6.07) is 0. The Labute approximate surface area is 450 Å². The van der Waals surface area contributed by atoms with E-state index in [0.29, 0.717) is 19.4 Å². The van der Waals surface area contributed by atoms with E-state index in [4.69, 9.17) is 18.9 Å². The summed E-state index contributed by atoms with van der Waals surface area (Å²) in [5.74, 6) is -0.457. The minimum Gasteiger partial charge on any atom is -0.457 e. The maximum atomic E-state index is 12.9. The third-order valence-corrected chi connectivity index (χ3v) is 13.2. The first-order chi connectivity index (χ1) is 36.1. The Morgan fingerprint density at radius 3 is 1.38 bits per heavy atom. The Morgan fingerprint density at radius 2 is 0.932 bits per heavy atom. The fraction of sp³-hybridized carbons (Fsp3) is 0.721. The molecule has 0 aromatic rings. The Kier molecular flexibility index (Phi) is 47.4. The van der Waals surface area contributed by atoms with Gasteiger partial charge in [-0.05, 0) is 89.9 Å². The lowest BCUT2D eigenvalue weighted by Gasteiger charge is -2.41. The molecule has 1 fully saturated rings. The lowest BCUT2D eigenvalue weighted by Crippen LogP contribution is -2.60. The topological polar surface area (TPSA) is 178 Å². The van der Waals surface area contributed by atoms with Crippen molar-refractivity contribution in [2.45, 2.75) is 256 Å². The quantitative estimate of drug-likeness (QED) is 0.0196. The van der Waals surface area contributed by atoms with Gasteiger partial charge in [-0.3, -0.25) is 9.35 Å². The second kappa shape index (κ2) is 50.8. The van der Waals surface area contributed by atoms with Crippen LogP contribution in [0.2, 0.25) is 0 Å². The summed E-state index contributed by atoms with van der Waals surface area (Å²) in [6.45, 7) is 3.82. The summed E-state index contributed by atoms with van der Waals surface area (Å²) in [6.07, 6.45) is 61.7. The highest BCUT2D eigenvalue weighted by molar-refractivity contribution is 7.80. The molecule has 74 heavy (non-hydrogen) atoms. The molecule has 0 bridgehead atoms. The summed E-state index contributed by atoms with van der Waals surface area (Å²) in [4.78, 5) is 12.9. The van der Waals surface area contributed by atoms with Crippen LogP contribution in [0.25, 0.3) is 0 Å². The van der Waals surface area contributed by atoms with E-state index in [9.17, 15) is 33.1 Å². The van der Waals surface area contributed by atoms with E-state index in [2.05, 4.69) is 109 Å². The average Bonchev–Trinajstić information content (AvgIpc) is 3.38. The molecule has 12 nitrogen and oxygen atoms in total. The van der Waals surface area contributed by atoms with Gasteiger partial charge in [0.15, 0.2) is 6.29 Å². The number of aliphatic hydroxyl groups excluding tert-OH is 3. The minimum absolute atomic E-state index is 0.00741. The molecular weight excluding hydrogens is 957 g/mol. The van der Waals surface area contributed by atoms with Crippen molar-refractivity contribution in [2.24, 2.45) is 0 Å². The molecule has 0 aromatic heterocycles. The van der Waals surface area contributed by atoms with Crippen molar-refractivity contribution in [3.63, 3.8) is 0 Å². The number of carbonyl (C=O) groups excluding carboxylic acids is 1. The number of aliphatic hydroxyl groups is 3. The van der Waals surface area contributed by atoms with Crippen molar-refractivity contribution >= 4 is 16.4 Å². The van der Waals surface area contributed by atoms with Gasteiger partial charge in [-0.15, -0.1) is 0 Å². The fourth-order valence-electron chi connectivity index (χ4n) is 8.36. The Bertz CT molecular complexity index is 1650. The molecule has 4 N–H and O–H groups in total. The van der Waals surface area contributed by atoms with E-state index < -0.39 is 59.8 Å². The number of ether oxygens (including phenoxy) is 4. The second-order valence-corrected chi connectivity index (χ2v) is 20.5. The zero-order valence-electron chi connectivity index (χ0n) is 46.1. The van der Waals surface area contributed by atoms with Crippen LogP contribution in [0.1, 0.15) is 219 Å². The van der Waals surface area contributed by atoms with Crippen LogP contribution in [-0.2, 0) is 38.3 Å². The molecule has 0 aliphatic carbocycles. The van der Waals surface area contributed by atoms with Crippen molar-refractivity contribution in [1.29, 1.82) is 0 Å². The Hall–Kier alpha value is -2.98. The monoisotopic (exact) mass is 1060 g/mol. The molecule has 1 saturated heterocycles. The van der Waals surface area contributed by atoms with Crippen LogP contribution < -0.4 is 0 Å². The second-order valence-electron chi connectivity index (χ2n) is 19.5. The van der Waals surface area contributed by atoms with Crippen molar-refractivity contribution in [3.8, 4) is 0 Å². The number of rotatable bonds is 50. The Morgan fingerprint density at radius 1 is 0.527 bits per heavy atom. The first-order valence-corrected chi connectivity index (χ1v) is 30.4. The molecule has 426 valence electrons. The molecular formula is C61H104O12S. The number of hydrogen-bond acceptors (Lipinski definition) is 11. The van der Waals surface area contributed by atoms with Gasteiger partial charge >= 0.3 is 16.4 Å². The van der Waals surface area contributed by atoms with Crippen molar-refractivity contribution in [2.75, 3.05) is 26.4 Å². The predicted molar refractivity (Wildman–Crippen MR) is 303 cm³/mol. The van der Waals surface area contributed by atoms with Crippen LogP contribution in [0.3, 0.4) is 0 Å². The number of allylic oxidation sites excluding steroid dienone is 16.